The van der Waals surface area contributed by atoms with Crippen molar-refractivity contribution in [2.75, 3.05) is 13.7 Å². The molecule has 0 aliphatic rings. The number of alkyl halides is 1. The number of nitrogens with two attached hydrogens (primary N) is 1. The summed E-state index contributed by atoms with van der Waals surface area (Å²) in [4.78, 5) is 0. The molecular weight excluding hydrogens is 249 g/mol. The minimum absolute atomic E-state index is 0.325. The van der Waals surface area contributed by atoms with Crippen LogP contribution in [0.2, 0.25) is 0 Å². The second-order valence-electron chi connectivity index (χ2n) is 2.93. The van der Waals surface area contributed by atoms with Crippen molar-refractivity contribution in [2.45, 2.75) is 12.6 Å². The quantitative estimate of drug-likeness (QED) is 0.905. The van der Waals surface area contributed by atoms with Crippen LogP contribution in [0.25, 0.3) is 0 Å². The molecule has 0 aromatic heterocycles. The summed E-state index contributed by atoms with van der Waals surface area (Å²) in [5, 5.41) is 0. The van der Waals surface area contributed by atoms with Gasteiger partial charge in [-0.25, -0.2) is 4.39 Å². The molecule has 0 bridgehead atoms. The molecular formula is C10H13BrFNO. The molecule has 2 nitrogen and oxygen atoms in total. The highest BCUT2D eigenvalue weighted by molar-refractivity contribution is 9.10. The van der Waals surface area contributed by atoms with Crippen molar-refractivity contribution in [2.24, 2.45) is 5.73 Å². The Kier molecular flexibility index (Phi) is 4.35. The summed E-state index contributed by atoms with van der Waals surface area (Å²) in [6, 6.07) is 5.24. The maximum atomic E-state index is 13.5. The van der Waals surface area contributed by atoms with Crippen LogP contribution in [0.15, 0.2) is 22.7 Å². The molecule has 1 atom stereocenters. The predicted molar refractivity (Wildman–Crippen MR) is 58.2 cm³/mol. The van der Waals surface area contributed by atoms with Crippen LogP contribution in [0.4, 0.5) is 4.39 Å². The van der Waals surface area contributed by atoms with Gasteiger partial charge >= 0.3 is 0 Å². The molecule has 1 unspecified atom stereocenters. The van der Waals surface area contributed by atoms with Gasteiger partial charge in [0.15, 0.2) is 0 Å². The fraction of sp³-hybridized carbons (Fsp3) is 0.400. The summed E-state index contributed by atoms with van der Waals surface area (Å²) in [7, 11) is 1.56. The van der Waals surface area contributed by atoms with Crippen molar-refractivity contribution in [3.8, 4) is 5.75 Å². The van der Waals surface area contributed by atoms with Crippen molar-refractivity contribution < 1.29 is 9.13 Å². The van der Waals surface area contributed by atoms with Crippen molar-refractivity contribution in [3.63, 3.8) is 0 Å². The average Bonchev–Trinajstić information content (AvgIpc) is 2.19. The first-order chi connectivity index (χ1) is 6.69. The van der Waals surface area contributed by atoms with Crippen molar-refractivity contribution in [1.29, 1.82) is 0 Å². The molecule has 4 heteroatoms. The highest BCUT2D eigenvalue weighted by Gasteiger charge is 2.13. The van der Waals surface area contributed by atoms with Gasteiger partial charge in [-0.3, -0.25) is 0 Å². The van der Waals surface area contributed by atoms with E-state index in [1.165, 1.54) is 0 Å². The van der Waals surface area contributed by atoms with E-state index < -0.39 is 6.17 Å². The van der Waals surface area contributed by atoms with Crippen LogP contribution < -0.4 is 10.5 Å². The Labute approximate surface area is 91.4 Å². The van der Waals surface area contributed by atoms with E-state index in [-0.39, 0.29) is 0 Å². The molecule has 78 valence electrons. The molecule has 1 aromatic rings. The lowest BCUT2D eigenvalue weighted by Gasteiger charge is -2.10. The Morgan fingerprint density at radius 3 is 2.86 bits per heavy atom. The van der Waals surface area contributed by atoms with E-state index in [2.05, 4.69) is 15.9 Å². The van der Waals surface area contributed by atoms with Crippen LogP contribution in [0.5, 0.6) is 5.75 Å². The summed E-state index contributed by atoms with van der Waals surface area (Å²) in [5.74, 6) is 0.655. The number of ether oxygens (including phenoxy) is 1. The summed E-state index contributed by atoms with van der Waals surface area (Å²) in [6.45, 7) is 0.338. The van der Waals surface area contributed by atoms with Gasteiger partial charge in [-0.2, -0.15) is 0 Å². The standard InChI is InChI=1S/C10H13BrFNO/c1-14-7-2-3-9(11)8(6-7)10(12)4-5-13/h2-3,6,10H,4-5,13H2,1H3. The minimum Gasteiger partial charge on any atom is -0.497 e. The zero-order valence-electron chi connectivity index (χ0n) is 7.97. The SMILES string of the molecule is COc1ccc(Br)c(C(F)CCN)c1. The number of hydrogen-bond acceptors (Lipinski definition) is 2. The number of halogens is 2. The predicted octanol–water partition coefficient (Wildman–Crippen LogP) is 2.82. The Hall–Kier alpha value is -0.610. The van der Waals surface area contributed by atoms with Gasteiger partial charge in [0.05, 0.1) is 7.11 Å². The third-order valence-electron chi connectivity index (χ3n) is 1.96. The highest BCUT2D eigenvalue weighted by Crippen LogP contribution is 2.31. The van der Waals surface area contributed by atoms with Crippen LogP contribution in [-0.2, 0) is 0 Å². The van der Waals surface area contributed by atoms with Crippen molar-refractivity contribution in [3.05, 3.63) is 28.2 Å². The van der Waals surface area contributed by atoms with E-state index in [9.17, 15) is 4.39 Å². The number of methoxy groups -OCH3 is 1. The van der Waals surface area contributed by atoms with Gasteiger partial charge in [0, 0.05) is 10.0 Å². The first kappa shape index (κ1) is 11.5. The fourth-order valence-electron chi connectivity index (χ4n) is 1.19. The van der Waals surface area contributed by atoms with Crippen molar-refractivity contribution in [1.82, 2.24) is 0 Å². The van der Waals surface area contributed by atoms with E-state index in [1.54, 1.807) is 25.3 Å². The first-order valence-corrected chi connectivity index (χ1v) is 5.16. The van der Waals surface area contributed by atoms with E-state index in [0.717, 1.165) is 4.47 Å². The Balaban J connectivity index is 2.93. The molecule has 0 amide bonds. The van der Waals surface area contributed by atoms with Crippen molar-refractivity contribution >= 4 is 15.9 Å². The van der Waals surface area contributed by atoms with E-state index in [4.69, 9.17) is 10.5 Å². The molecule has 1 rings (SSSR count). The molecule has 14 heavy (non-hydrogen) atoms. The zero-order chi connectivity index (χ0) is 10.6. The van der Waals surface area contributed by atoms with Crippen LogP contribution in [-0.4, -0.2) is 13.7 Å². The molecule has 0 aliphatic heterocycles. The van der Waals surface area contributed by atoms with Gasteiger partial charge in [-0.1, -0.05) is 15.9 Å². The average molecular weight is 262 g/mol. The molecule has 0 fully saturated rings. The van der Waals surface area contributed by atoms with Crippen LogP contribution >= 0.6 is 15.9 Å². The lowest BCUT2D eigenvalue weighted by atomic mass is 10.1. The normalized spacial score (nSPS) is 12.6. The Morgan fingerprint density at radius 2 is 2.29 bits per heavy atom. The van der Waals surface area contributed by atoms with Gasteiger partial charge in [0.25, 0.3) is 0 Å². The zero-order valence-corrected chi connectivity index (χ0v) is 9.55. The van der Waals surface area contributed by atoms with E-state index in [1.807, 2.05) is 0 Å². The van der Waals surface area contributed by atoms with Gasteiger partial charge in [-0.05, 0) is 31.2 Å². The van der Waals surface area contributed by atoms with Crippen LogP contribution in [0.3, 0.4) is 0 Å². The Bertz CT molecular complexity index is 306. The van der Waals surface area contributed by atoms with E-state index >= 15 is 0 Å². The smallest absolute Gasteiger partial charge is 0.128 e. The molecule has 1 aromatic carbocycles. The topological polar surface area (TPSA) is 35.2 Å². The van der Waals surface area contributed by atoms with Gasteiger partial charge < -0.3 is 10.5 Å². The maximum Gasteiger partial charge on any atom is 0.128 e. The second-order valence-corrected chi connectivity index (χ2v) is 3.79. The number of benzene rings is 1. The first-order valence-electron chi connectivity index (χ1n) is 4.36. The minimum atomic E-state index is -1.04. The van der Waals surface area contributed by atoms with Gasteiger partial charge in [0.2, 0.25) is 0 Å². The molecule has 0 heterocycles. The van der Waals surface area contributed by atoms with Crippen LogP contribution in [0, 0.1) is 0 Å². The number of rotatable bonds is 4. The summed E-state index contributed by atoms with van der Waals surface area (Å²) in [5.41, 5.74) is 5.89. The van der Waals surface area contributed by atoms with Gasteiger partial charge in [0.1, 0.15) is 11.9 Å². The maximum absolute atomic E-state index is 13.5. The lowest BCUT2D eigenvalue weighted by Crippen LogP contribution is -2.04. The fourth-order valence-corrected chi connectivity index (χ4v) is 1.69. The number of hydrogen-bond donors (Lipinski definition) is 1. The monoisotopic (exact) mass is 261 g/mol. The third kappa shape index (κ3) is 2.69. The Morgan fingerprint density at radius 1 is 1.57 bits per heavy atom. The largest absolute Gasteiger partial charge is 0.497 e. The third-order valence-corrected chi connectivity index (χ3v) is 2.68. The van der Waals surface area contributed by atoms with E-state index in [0.29, 0.717) is 24.3 Å². The molecule has 2 N–H and O–H groups in total. The highest BCUT2D eigenvalue weighted by atomic mass is 79.9. The second kappa shape index (κ2) is 5.32. The summed E-state index contributed by atoms with van der Waals surface area (Å²) >= 11 is 3.29. The summed E-state index contributed by atoms with van der Waals surface area (Å²) in [6.07, 6.45) is -0.712. The molecule has 0 saturated carbocycles. The molecule has 0 saturated heterocycles. The van der Waals surface area contributed by atoms with Gasteiger partial charge in [-0.15, -0.1) is 0 Å². The molecule has 0 spiro atoms. The lowest BCUT2D eigenvalue weighted by molar-refractivity contribution is 0.324. The molecule has 0 radical (unpaired) electrons. The van der Waals surface area contributed by atoms with Crippen LogP contribution in [0.1, 0.15) is 18.2 Å². The summed E-state index contributed by atoms with van der Waals surface area (Å²) < 4.78 is 19.3. The molecule has 0 aliphatic carbocycles.